The zero-order chi connectivity index (χ0) is 17.3. The van der Waals surface area contributed by atoms with E-state index in [1.165, 1.54) is 5.56 Å². The summed E-state index contributed by atoms with van der Waals surface area (Å²) in [6.07, 6.45) is 1.83. The number of benzene rings is 2. The van der Waals surface area contributed by atoms with Gasteiger partial charge in [0.05, 0.1) is 17.4 Å². The molecule has 124 valence electrons. The minimum Gasteiger partial charge on any atom is -0.326 e. The Morgan fingerprint density at radius 2 is 2.00 bits per heavy atom. The SMILES string of the molecule is CC(C)(C)C(=O)Nc1ccc2ncn(Cc3cccc(Br)c3)c2c1. The zero-order valence-electron chi connectivity index (χ0n) is 14.0. The molecular formula is C19H20BrN3O. The van der Waals surface area contributed by atoms with E-state index in [-0.39, 0.29) is 5.91 Å². The Bertz CT molecular complexity index is 893. The van der Waals surface area contributed by atoms with E-state index in [1.54, 1.807) is 0 Å². The third kappa shape index (κ3) is 3.67. The first kappa shape index (κ1) is 16.7. The number of carbonyl (C=O) groups is 1. The Morgan fingerprint density at radius 1 is 1.21 bits per heavy atom. The smallest absolute Gasteiger partial charge is 0.229 e. The molecule has 1 aromatic heterocycles. The molecule has 1 heterocycles. The maximum absolute atomic E-state index is 12.2. The lowest BCUT2D eigenvalue weighted by Gasteiger charge is -2.17. The van der Waals surface area contributed by atoms with Gasteiger partial charge in [-0.2, -0.15) is 0 Å². The average molecular weight is 386 g/mol. The molecule has 3 rings (SSSR count). The molecule has 0 radical (unpaired) electrons. The molecule has 0 atom stereocenters. The molecular weight excluding hydrogens is 366 g/mol. The molecule has 24 heavy (non-hydrogen) atoms. The van der Waals surface area contributed by atoms with E-state index in [9.17, 15) is 4.79 Å². The molecule has 0 aliphatic rings. The first-order valence-electron chi connectivity index (χ1n) is 7.84. The van der Waals surface area contributed by atoms with Crippen LogP contribution in [-0.2, 0) is 11.3 Å². The second-order valence-electron chi connectivity index (χ2n) is 6.91. The first-order chi connectivity index (χ1) is 11.3. The molecule has 0 saturated heterocycles. The van der Waals surface area contributed by atoms with E-state index in [4.69, 9.17) is 0 Å². The lowest BCUT2D eigenvalue weighted by atomic mass is 9.95. The first-order valence-corrected chi connectivity index (χ1v) is 8.63. The van der Waals surface area contributed by atoms with Crippen molar-refractivity contribution < 1.29 is 4.79 Å². The van der Waals surface area contributed by atoms with Crippen molar-refractivity contribution in [3.05, 3.63) is 58.8 Å². The molecule has 0 unspecified atom stereocenters. The third-order valence-electron chi connectivity index (χ3n) is 3.80. The van der Waals surface area contributed by atoms with Gasteiger partial charge in [-0.05, 0) is 35.9 Å². The van der Waals surface area contributed by atoms with Crippen LogP contribution in [0.2, 0.25) is 0 Å². The van der Waals surface area contributed by atoms with Gasteiger partial charge in [0.25, 0.3) is 0 Å². The van der Waals surface area contributed by atoms with Gasteiger partial charge in [-0.15, -0.1) is 0 Å². The number of fused-ring (bicyclic) bond motifs is 1. The Labute approximate surface area is 150 Å². The van der Waals surface area contributed by atoms with Gasteiger partial charge in [-0.25, -0.2) is 4.98 Å². The predicted molar refractivity (Wildman–Crippen MR) is 101 cm³/mol. The van der Waals surface area contributed by atoms with Gasteiger partial charge in [0.2, 0.25) is 5.91 Å². The summed E-state index contributed by atoms with van der Waals surface area (Å²) in [5.41, 5.74) is 3.47. The highest BCUT2D eigenvalue weighted by Gasteiger charge is 2.21. The van der Waals surface area contributed by atoms with Crippen LogP contribution in [0, 0.1) is 5.41 Å². The van der Waals surface area contributed by atoms with Crippen molar-refractivity contribution in [2.45, 2.75) is 27.3 Å². The lowest BCUT2D eigenvalue weighted by molar-refractivity contribution is -0.123. The second kappa shape index (κ2) is 6.40. The molecule has 0 spiro atoms. The number of anilines is 1. The van der Waals surface area contributed by atoms with Crippen molar-refractivity contribution in [1.29, 1.82) is 0 Å². The van der Waals surface area contributed by atoms with Crippen LogP contribution in [-0.4, -0.2) is 15.5 Å². The third-order valence-corrected chi connectivity index (χ3v) is 4.30. The Balaban J connectivity index is 1.90. The number of nitrogens with one attached hydrogen (secondary N) is 1. The van der Waals surface area contributed by atoms with Crippen molar-refractivity contribution in [3.8, 4) is 0 Å². The van der Waals surface area contributed by atoms with Crippen LogP contribution >= 0.6 is 15.9 Å². The van der Waals surface area contributed by atoms with E-state index in [1.807, 2.05) is 57.4 Å². The number of nitrogens with zero attached hydrogens (tertiary/aromatic N) is 2. The fourth-order valence-electron chi connectivity index (χ4n) is 2.41. The number of carbonyl (C=O) groups excluding carboxylic acids is 1. The molecule has 5 heteroatoms. The number of rotatable bonds is 3. The van der Waals surface area contributed by atoms with Gasteiger partial charge in [-0.1, -0.05) is 48.8 Å². The van der Waals surface area contributed by atoms with E-state index in [0.29, 0.717) is 0 Å². The van der Waals surface area contributed by atoms with Gasteiger partial charge in [0.1, 0.15) is 0 Å². The monoisotopic (exact) mass is 385 g/mol. The summed E-state index contributed by atoms with van der Waals surface area (Å²) in [5, 5.41) is 2.98. The van der Waals surface area contributed by atoms with E-state index in [0.717, 1.165) is 27.7 Å². The quantitative estimate of drug-likeness (QED) is 0.701. The Morgan fingerprint density at radius 3 is 2.71 bits per heavy atom. The van der Waals surface area contributed by atoms with Gasteiger partial charge in [0.15, 0.2) is 0 Å². The fourth-order valence-corrected chi connectivity index (χ4v) is 2.86. The summed E-state index contributed by atoms with van der Waals surface area (Å²) < 4.78 is 3.15. The van der Waals surface area contributed by atoms with E-state index < -0.39 is 5.41 Å². The number of imidazole rings is 1. The van der Waals surface area contributed by atoms with Gasteiger partial charge in [-0.3, -0.25) is 4.79 Å². The van der Waals surface area contributed by atoms with Crippen LogP contribution in [0.5, 0.6) is 0 Å². The highest BCUT2D eigenvalue weighted by atomic mass is 79.9. The molecule has 2 aromatic carbocycles. The molecule has 0 aliphatic carbocycles. The van der Waals surface area contributed by atoms with Crippen molar-refractivity contribution in [3.63, 3.8) is 0 Å². The highest BCUT2D eigenvalue weighted by Crippen LogP contribution is 2.22. The predicted octanol–water partition coefficient (Wildman–Crippen LogP) is 4.83. The second-order valence-corrected chi connectivity index (χ2v) is 7.83. The molecule has 0 bridgehead atoms. The van der Waals surface area contributed by atoms with E-state index in [2.05, 4.69) is 42.9 Å². The molecule has 0 saturated carbocycles. The van der Waals surface area contributed by atoms with Gasteiger partial charge in [0, 0.05) is 22.1 Å². The summed E-state index contributed by atoms with van der Waals surface area (Å²) in [6, 6.07) is 14.0. The van der Waals surface area contributed by atoms with Crippen LogP contribution < -0.4 is 5.32 Å². The fraction of sp³-hybridized carbons (Fsp3) is 0.263. The molecule has 4 nitrogen and oxygen atoms in total. The van der Waals surface area contributed by atoms with Gasteiger partial charge >= 0.3 is 0 Å². The summed E-state index contributed by atoms with van der Waals surface area (Å²) in [6.45, 7) is 6.43. The summed E-state index contributed by atoms with van der Waals surface area (Å²) >= 11 is 3.50. The summed E-state index contributed by atoms with van der Waals surface area (Å²) in [5.74, 6) is -0.0000877. The summed E-state index contributed by atoms with van der Waals surface area (Å²) in [4.78, 5) is 16.6. The minimum atomic E-state index is -0.425. The van der Waals surface area contributed by atoms with Crippen LogP contribution in [0.4, 0.5) is 5.69 Å². The number of halogens is 1. The van der Waals surface area contributed by atoms with Crippen molar-refractivity contribution in [2.75, 3.05) is 5.32 Å². The largest absolute Gasteiger partial charge is 0.326 e. The normalized spacial score (nSPS) is 11.7. The Hall–Kier alpha value is -2.14. The highest BCUT2D eigenvalue weighted by molar-refractivity contribution is 9.10. The van der Waals surface area contributed by atoms with Crippen molar-refractivity contribution in [2.24, 2.45) is 5.41 Å². The standard InChI is InChI=1S/C19H20BrN3O/c1-19(2,3)18(24)22-15-7-8-16-17(10-15)23(12-21-16)11-13-5-4-6-14(20)9-13/h4-10,12H,11H2,1-3H3,(H,22,24). The maximum atomic E-state index is 12.2. The van der Waals surface area contributed by atoms with Crippen LogP contribution in [0.1, 0.15) is 26.3 Å². The average Bonchev–Trinajstić information content (AvgIpc) is 2.89. The van der Waals surface area contributed by atoms with Crippen LogP contribution in [0.15, 0.2) is 53.3 Å². The van der Waals surface area contributed by atoms with E-state index >= 15 is 0 Å². The van der Waals surface area contributed by atoms with Crippen LogP contribution in [0.3, 0.4) is 0 Å². The lowest BCUT2D eigenvalue weighted by Crippen LogP contribution is -2.27. The van der Waals surface area contributed by atoms with Gasteiger partial charge < -0.3 is 9.88 Å². The van der Waals surface area contributed by atoms with Crippen LogP contribution in [0.25, 0.3) is 11.0 Å². The summed E-state index contributed by atoms with van der Waals surface area (Å²) in [7, 11) is 0. The number of amides is 1. The molecule has 3 aromatic rings. The number of aromatic nitrogens is 2. The Kier molecular flexibility index (Phi) is 4.45. The molecule has 1 amide bonds. The molecule has 0 aliphatic heterocycles. The number of hydrogen-bond donors (Lipinski definition) is 1. The minimum absolute atomic E-state index is 0.0000877. The van der Waals surface area contributed by atoms with Crippen molar-refractivity contribution in [1.82, 2.24) is 9.55 Å². The molecule has 0 fully saturated rings. The molecule has 1 N–H and O–H groups in total. The number of hydrogen-bond acceptors (Lipinski definition) is 2. The topological polar surface area (TPSA) is 46.9 Å². The zero-order valence-corrected chi connectivity index (χ0v) is 15.6. The maximum Gasteiger partial charge on any atom is 0.229 e. The van der Waals surface area contributed by atoms with Crippen molar-refractivity contribution >= 4 is 38.6 Å².